The Morgan fingerprint density at radius 3 is 2.26 bits per heavy atom. The van der Waals surface area contributed by atoms with Crippen molar-refractivity contribution in [1.29, 1.82) is 0 Å². The first kappa shape index (κ1) is 26.4. The first-order valence-electron chi connectivity index (χ1n) is 11.6. The van der Waals surface area contributed by atoms with Crippen molar-refractivity contribution in [2.24, 2.45) is 0 Å². The third kappa shape index (κ3) is 6.46. The molecule has 1 unspecified atom stereocenters. The lowest BCUT2D eigenvalue weighted by Gasteiger charge is -2.31. The molecule has 3 aromatic carbocycles. The Balaban J connectivity index is 1.85. The van der Waals surface area contributed by atoms with Crippen LogP contribution in [-0.2, 0) is 26.2 Å². The Morgan fingerprint density at radius 1 is 0.914 bits per heavy atom. The number of aryl methyl sites for hydroxylation is 1. The number of sulfonamides is 1. The molecule has 0 aliphatic heterocycles. The number of hydrogen-bond acceptors (Lipinski definition) is 4. The van der Waals surface area contributed by atoms with Gasteiger partial charge in [0.25, 0.3) is 0 Å². The lowest BCUT2D eigenvalue weighted by atomic mass is 10.1. The van der Waals surface area contributed by atoms with Gasteiger partial charge >= 0.3 is 0 Å². The van der Waals surface area contributed by atoms with Crippen LogP contribution < -0.4 is 5.32 Å². The van der Waals surface area contributed by atoms with Gasteiger partial charge in [-0.05, 0) is 56.2 Å². The summed E-state index contributed by atoms with van der Waals surface area (Å²) in [5.41, 5.74) is 1.90. The number of likely N-dealkylation sites (N-methyl/N-ethyl adjacent to an activating group) is 1. The normalized spacial score (nSPS) is 12.7. The van der Waals surface area contributed by atoms with E-state index in [0.29, 0.717) is 0 Å². The Morgan fingerprint density at radius 2 is 1.60 bits per heavy atom. The standard InChI is InChI=1S/C27H33N3O4S/c1-19(2)28-27(32)21(4)30(17-22-10-8-9-20(3)15-22)26(31)18-29(5)35(33,34)25-14-13-23-11-6-7-12-24(23)16-25/h6-16,19,21H,17-18H2,1-5H3,(H,28,32). The van der Waals surface area contributed by atoms with E-state index in [1.54, 1.807) is 25.1 Å². The molecule has 0 aliphatic rings. The molecule has 7 nitrogen and oxygen atoms in total. The zero-order valence-corrected chi connectivity index (χ0v) is 21.7. The van der Waals surface area contributed by atoms with Crippen LogP contribution in [0.15, 0.2) is 71.6 Å². The lowest BCUT2D eigenvalue weighted by Crippen LogP contribution is -2.51. The molecule has 3 rings (SSSR count). The van der Waals surface area contributed by atoms with Crippen LogP contribution in [0.5, 0.6) is 0 Å². The largest absolute Gasteiger partial charge is 0.352 e. The molecule has 0 bridgehead atoms. The number of amides is 2. The molecule has 0 heterocycles. The molecule has 1 N–H and O–H groups in total. The minimum atomic E-state index is -3.92. The Hall–Kier alpha value is -3.23. The summed E-state index contributed by atoms with van der Waals surface area (Å²) in [6, 6.07) is 19.2. The van der Waals surface area contributed by atoms with Crippen molar-refractivity contribution in [2.75, 3.05) is 13.6 Å². The molecule has 0 aliphatic carbocycles. The molecule has 0 saturated carbocycles. The van der Waals surface area contributed by atoms with Gasteiger partial charge in [0.15, 0.2) is 0 Å². The lowest BCUT2D eigenvalue weighted by molar-refractivity contribution is -0.140. The number of nitrogens with zero attached hydrogens (tertiary/aromatic N) is 2. The molecule has 3 aromatic rings. The van der Waals surface area contributed by atoms with Crippen LogP contribution in [-0.4, -0.2) is 55.1 Å². The predicted octanol–water partition coefficient (Wildman–Crippen LogP) is 3.71. The summed E-state index contributed by atoms with van der Waals surface area (Å²) in [5, 5.41) is 4.57. The van der Waals surface area contributed by atoms with E-state index in [1.807, 2.05) is 69.3 Å². The second kappa shape index (κ2) is 11.0. The monoisotopic (exact) mass is 495 g/mol. The highest BCUT2D eigenvalue weighted by Crippen LogP contribution is 2.22. The molecule has 0 spiro atoms. The molecular formula is C27H33N3O4S. The molecule has 0 radical (unpaired) electrons. The van der Waals surface area contributed by atoms with Gasteiger partial charge in [-0.15, -0.1) is 0 Å². The van der Waals surface area contributed by atoms with Crippen LogP contribution in [0.3, 0.4) is 0 Å². The summed E-state index contributed by atoms with van der Waals surface area (Å²) in [5.74, 6) is -0.745. The van der Waals surface area contributed by atoms with Gasteiger partial charge < -0.3 is 10.2 Å². The Labute approximate surface area is 207 Å². The summed E-state index contributed by atoms with van der Waals surface area (Å²) in [6.07, 6.45) is 0. The molecule has 8 heteroatoms. The predicted molar refractivity (Wildman–Crippen MR) is 138 cm³/mol. The van der Waals surface area contributed by atoms with Crippen molar-refractivity contribution in [1.82, 2.24) is 14.5 Å². The van der Waals surface area contributed by atoms with Crippen LogP contribution in [0.2, 0.25) is 0 Å². The minimum absolute atomic E-state index is 0.0863. The molecular weight excluding hydrogens is 462 g/mol. The summed E-state index contributed by atoms with van der Waals surface area (Å²) in [6.45, 7) is 7.11. The molecule has 0 saturated heterocycles. The molecule has 2 amide bonds. The van der Waals surface area contributed by atoms with Crippen LogP contribution in [0.25, 0.3) is 10.8 Å². The van der Waals surface area contributed by atoms with E-state index in [2.05, 4.69) is 5.32 Å². The fourth-order valence-corrected chi connectivity index (χ4v) is 5.03. The molecule has 0 aromatic heterocycles. The Bertz CT molecular complexity index is 1320. The highest BCUT2D eigenvalue weighted by molar-refractivity contribution is 7.89. The summed E-state index contributed by atoms with van der Waals surface area (Å²) in [4.78, 5) is 27.7. The van der Waals surface area contributed by atoms with Crippen LogP contribution in [0.4, 0.5) is 0 Å². The number of fused-ring (bicyclic) bond motifs is 1. The van der Waals surface area contributed by atoms with E-state index in [4.69, 9.17) is 0 Å². The van der Waals surface area contributed by atoms with E-state index < -0.39 is 22.0 Å². The zero-order chi connectivity index (χ0) is 25.8. The number of rotatable bonds is 9. The Kier molecular flexibility index (Phi) is 8.30. The SMILES string of the molecule is Cc1cccc(CN(C(=O)CN(C)S(=O)(=O)c2ccc3ccccc3c2)C(C)C(=O)NC(C)C)c1. The minimum Gasteiger partial charge on any atom is -0.352 e. The topological polar surface area (TPSA) is 86.8 Å². The second-order valence-electron chi connectivity index (χ2n) is 9.12. The van der Waals surface area contributed by atoms with Crippen molar-refractivity contribution in [3.05, 3.63) is 77.9 Å². The van der Waals surface area contributed by atoms with Gasteiger partial charge in [-0.25, -0.2) is 8.42 Å². The van der Waals surface area contributed by atoms with Crippen molar-refractivity contribution < 1.29 is 18.0 Å². The average Bonchev–Trinajstić information content (AvgIpc) is 2.81. The van der Waals surface area contributed by atoms with E-state index in [9.17, 15) is 18.0 Å². The van der Waals surface area contributed by atoms with Crippen molar-refractivity contribution in [3.8, 4) is 0 Å². The van der Waals surface area contributed by atoms with E-state index in [0.717, 1.165) is 26.2 Å². The fraction of sp³-hybridized carbons (Fsp3) is 0.333. The zero-order valence-electron chi connectivity index (χ0n) is 20.9. The van der Waals surface area contributed by atoms with Gasteiger partial charge in [0.05, 0.1) is 11.4 Å². The molecule has 186 valence electrons. The first-order valence-corrected chi connectivity index (χ1v) is 13.0. The summed E-state index contributed by atoms with van der Waals surface area (Å²) >= 11 is 0. The second-order valence-corrected chi connectivity index (χ2v) is 11.2. The maximum absolute atomic E-state index is 13.4. The number of carbonyl (C=O) groups excluding carboxylic acids is 2. The maximum atomic E-state index is 13.4. The number of benzene rings is 3. The third-order valence-corrected chi connectivity index (χ3v) is 7.62. The van der Waals surface area contributed by atoms with Crippen molar-refractivity contribution >= 4 is 32.6 Å². The summed E-state index contributed by atoms with van der Waals surface area (Å²) in [7, 11) is -2.54. The van der Waals surface area contributed by atoms with Crippen molar-refractivity contribution in [3.63, 3.8) is 0 Å². The highest BCUT2D eigenvalue weighted by atomic mass is 32.2. The molecule has 1 atom stereocenters. The molecule has 35 heavy (non-hydrogen) atoms. The quantitative estimate of drug-likeness (QED) is 0.490. The maximum Gasteiger partial charge on any atom is 0.243 e. The third-order valence-electron chi connectivity index (χ3n) is 5.82. The van der Waals surface area contributed by atoms with Crippen LogP contribution >= 0.6 is 0 Å². The smallest absolute Gasteiger partial charge is 0.243 e. The van der Waals surface area contributed by atoms with Crippen LogP contribution in [0.1, 0.15) is 31.9 Å². The first-order chi connectivity index (χ1) is 16.5. The van der Waals surface area contributed by atoms with Gasteiger partial charge in [0, 0.05) is 19.6 Å². The number of nitrogens with one attached hydrogen (secondary N) is 1. The average molecular weight is 496 g/mol. The van der Waals surface area contributed by atoms with E-state index in [1.165, 1.54) is 11.9 Å². The number of carbonyl (C=O) groups is 2. The van der Waals surface area contributed by atoms with Gasteiger partial charge in [0.2, 0.25) is 21.8 Å². The van der Waals surface area contributed by atoms with Gasteiger partial charge in [-0.2, -0.15) is 4.31 Å². The van der Waals surface area contributed by atoms with Gasteiger partial charge in [-0.1, -0.05) is 60.2 Å². The van der Waals surface area contributed by atoms with Crippen molar-refractivity contribution in [2.45, 2.75) is 51.2 Å². The molecule has 0 fully saturated rings. The van der Waals surface area contributed by atoms with E-state index in [-0.39, 0.29) is 29.9 Å². The van der Waals surface area contributed by atoms with E-state index >= 15 is 0 Å². The van der Waals surface area contributed by atoms with Gasteiger partial charge in [-0.3, -0.25) is 9.59 Å². The highest BCUT2D eigenvalue weighted by Gasteiger charge is 2.30. The summed E-state index contributed by atoms with van der Waals surface area (Å²) < 4.78 is 27.6. The fourth-order valence-electron chi connectivity index (χ4n) is 3.87. The van der Waals surface area contributed by atoms with Gasteiger partial charge in [0.1, 0.15) is 6.04 Å². The van der Waals surface area contributed by atoms with Crippen LogP contribution in [0, 0.1) is 6.92 Å². The number of hydrogen-bond donors (Lipinski definition) is 1.